The van der Waals surface area contributed by atoms with E-state index in [1.54, 1.807) is 0 Å². The Kier molecular flexibility index (Phi) is 2.04. The summed E-state index contributed by atoms with van der Waals surface area (Å²) >= 11 is 1.42. The fourth-order valence-electron chi connectivity index (χ4n) is 0.641. The van der Waals surface area contributed by atoms with Gasteiger partial charge in [0.05, 0.1) is 5.69 Å². The Morgan fingerprint density at radius 3 is 2.70 bits per heavy atom. The third-order valence-corrected chi connectivity index (χ3v) is 2.44. The Bertz CT molecular complexity index is 191. The number of hydrogen-bond donors (Lipinski definition) is 0. The van der Waals surface area contributed by atoms with Crippen LogP contribution in [0.2, 0.25) is 0 Å². The highest BCUT2D eigenvalue weighted by molar-refractivity contribution is 7.03. The molecule has 1 aromatic heterocycles. The Morgan fingerprint density at radius 2 is 2.30 bits per heavy atom. The van der Waals surface area contributed by atoms with Gasteiger partial charge in [-0.3, -0.25) is 0 Å². The third kappa shape index (κ3) is 1.34. The zero-order valence-corrected chi connectivity index (χ0v) is 7.40. The largest absolute Gasteiger partial charge is 0.143 e. The maximum absolute atomic E-state index is 4.03. The highest BCUT2D eigenvalue weighted by atomic mass is 32.1. The van der Waals surface area contributed by atoms with Crippen molar-refractivity contribution in [3.63, 3.8) is 0 Å². The van der Waals surface area contributed by atoms with Crippen molar-refractivity contribution in [3.8, 4) is 0 Å². The average Bonchev–Trinajstić information content (AvgIpc) is 2.38. The smallest absolute Gasteiger partial charge is 0.0811 e. The second kappa shape index (κ2) is 2.66. The van der Waals surface area contributed by atoms with Gasteiger partial charge in [0.2, 0.25) is 0 Å². The van der Waals surface area contributed by atoms with E-state index in [2.05, 4.69) is 30.4 Å². The number of nitrogens with zero attached hydrogens (tertiary/aromatic N) is 2. The topological polar surface area (TPSA) is 25.8 Å². The minimum atomic E-state index is 0.201. The van der Waals surface area contributed by atoms with Gasteiger partial charge in [-0.25, -0.2) is 0 Å². The van der Waals surface area contributed by atoms with Crippen molar-refractivity contribution < 1.29 is 0 Å². The molecule has 3 heteroatoms. The van der Waals surface area contributed by atoms with E-state index in [9.17, 15) is 0 Å². The van der Waals surface area contributed by atoms with Crippen LogP contribution in [0.5, 0.6) is 0 Å². The zero-order chi connectivity index (χ0) is 7.61. The van der Waals surface area contributed by atoms with Gasteiger partial charge in [0.1, 0.15) is 0 Å². The molecule has 0 spiro atoms. The van der Waals surface area contributed by atoms with Gasteiger partial charge in [-0.15, -0.1) is 5.10 Å². The van der Waals surface area contributed by atoms with Gasteiger partial charge in [0.25, 0.3) is 0 Å². The first-order chi connectivity index (χ1) is 4.67. The van der Waals surface area contributed by atoms with Gasteiger partial charge < -0.3 is 0 Å². The standard InChI is InChI=1S/C7H12N2S/c1-4-7(2,3)6-5-10-9-8-6/h5H,4H2,1-3H3. The second-order valence-electron chi connectivity index (χ2n) is 3.03. The molecule has 0 aromatic carbocycles. The lowest BCUT2D eigenvalue weighted by atomic mass is 9.87. The van der Waals surface area contributed by atoms with Crippen molar-refractivity contribution in [1.82, 2.24) is 9.59 Å². The van der Waals surface area contributed by atoms with Gasteiger partial charge >= 0.3 is 0 Å². The number of hydrogen-bond acceptors (Lipinski definition) is 3. The summed E-state index contributed by atoms with van der Waals surface area (Å²) in [6.45, 7) is 6.53. The van der Waals surface area contributed by atoms with Crippen LogP contribution in [0.15, 0.2) is 5.38 Å². The van der Waals surface area contributed by atoms with E-state index in [0.717, 1.165) is 12.1 Å². The van der Waals surface area contributed by atoms with E-state index in [-0.39, 0.29) is 5.41 Å². The van der Waals surface area contributed by atoms with Crippen LogP contribution in [-0.2, 0) is 5.41 Å². The molecule has 1 heterocycles. The zero-order valence-electron chi connectivity index (χ0n) is 6.59. The highest BCUT2D eigenvalue weighted by Gasteiger charge is 2.20. The van der Waals surface area contributed by atoms with Crippen molar-refractivity contribution in [2.75, 3.05) is 0 Å². The van der Waals surface area contributed by atoms with Crippen LogP contribution < -0.4 is 0 Å². The lowest BCUT2D eigenvalue weighted by Crippen LogP contribution is -2.15. The van der Waals surface area contributed by atoms with Crippen LogP contribution in [-0.4, -0.2) is 9.59 Å². The molecular formula is C7H12N2S. The molecule has 1 aromatic rings. The van der Waals surface area contributed by atoms with Gasteiger partial charge in [0, 0.05) is 10.8 Å². The summed E-state index contributed by atoms with van der Waals surface area (Å²) in [5.41, 5.74) is 1.31. The maximum Gasteiger partial charge on any atom is 0.0811 e. The lowest BCUT2D eigenvalue weighted by Gasteiger charge is -2.18. The molecule has 56 valence electrons. The van der Waals surface area contributed by atoms with Gasteiger partial charge in [0.15, 0.2) is 0 Å². The minimum Gasteiger partial charge on any atom is -0.143 e. The van der Waals surface area contributed by atoms with Gasteiger partial charge in [-0.05, 0) is 18.0 Å². The molecule has 0 saturated heterocycles. The Labute approximate surface area is 65.4 Å². The van der Waals surface area contributed by atoms with Gasteiger partial charge in [-0.2, -0.15) is 0 Å². The second-order valence-corrected chi connectivity index (χ2v) is 3.64. The molecule has 0 aliphatic carbocycles. The first-order valence-corrected chi connectivity index (χ1v) is 4.28. The molecule has 10 heavy (non-hydrogen) atoms. The molecule has 0 amide bonds. The molecule has 0 radical (unpaired) electrons. The van der Waals surface area contributed by atoms with Crippen molar-refractivity contribution in [2.45, 2.75) is 32.6 Å². The van der Waals surface area contributed by atoms with E-state index in [0.29, 0.717) is 0 Å². The third-order valence-electron chi connectivity index (χ3n) is 1.94. The molecule has 0 aliphatic heterocycles. The van der Waals surface area contributed by atoms with E-state index < -0.39 is 0 Å². The SMILES string of the molecule is CCC(C)(C)c1csnn1. The van der Waals surface area contributed by atoms with Gasteiger partial charge in [-0.1, -0.05) is 25.3 Å². The predicted octanol–water partition coefficient (Wildman–Crippen LogP) is 2.23. The first kappa shape index (κ1) is 7.66. The van der Waals surface area contributed by atoms with E-state index in [1.165, 1.54) is 11.5 Å². The molecule has 0 unspecified atom stereocenters. The fourth-order valence-corrected chi connectivity index (χ4v) is 1.29. The van der Waals surface area contributed by atoms with Crippen molar-refractivity contribution in [2.24, 2.45) is 0 Å². The normalized spacial score (nSPS) is 11.9. The summed E-state index contributed by atoms with van der Waals surface area (Å²) in [7, 11) is 0. The minimum absolute atomic E-state index is 0.201. The lowest BCUT2D eigenvalue weighted by molar-refractivity contribution is 0.489. The van der Waals surface area contributed by atoms with Crippen LogP contribution in [0, 0.1) is 0 Å². The molecule has 0 bridgehead atoms. The molecule has 0 N–H and O–H groups in total. The highest BCUT2D eigenvalue weighted by Crippen LogP contribution is 2.24. The quantitative estimate of drug-likeness (QED) is 0.656. The average molecular weight is 156 g/mol. The monoisotopic (exact) mass is 156 g/mol. The summed E-state index contributed by atoms with van der Waals surface area (Å²) in [5.74, 6) is 0. The molecule has 0 fully saturated rings. The summed E-state index contributed by atoms with van der Waals surface area (Å²) in [5, 5.41) is 6.04. The van der Waals surface area contributed by atoms with Crippen molar-refractivity contribution in [1.29, 1.82) is 0 Å². The van der Waals surface area contributed by atoms with E-state index in [1.807, 2.05) is 5.38 Å². The molecule has 0 saturated carbocycles. The number of aromatic nitrogens is 2. The van der Waals surface area contributed by atoms with E-state index in [4.69, 9.17) is 0 Å². The summed E-state index contributed by atoms with van der Waals surface area (Å²) in [6.07, 6.45) is 1.11. The summed E-state index contributed by atoms with van der Waals surface area (Å²) in [6, 6.07) is 0. The van der Waals surface area contributed by atoms with Crippen LogP contribution in [0.25, 0.3) is 0 Å². The molecule has 0 aliphatic rings. The Morgan fingerprint density at radius 1 is 1.60 bits per heavy atom. The summed E-state index contributed by atoms with van der Waals surface area (Å²) in [4.78, 5) is 0. The number of rotatable bonds is 2. The van der Waals surface area contributed by atoms with Crippen LogP contribution in [0.3, 0.4) is 0 Å². The Hall–Kier alpha value is -0.440. The predicted molar refractivity (Wildman–Crippen MR) is 43.2 cm³/mol. The van der Waals surface area contributed by atoms with Crippen LogP contribution >= 0.6 is 11.5 Å². The maximum atomic E-state index is 4.03. The van der Waals surface area contributed by atoms with Crippen molar-refractivity contribution >= 4 is 11.5 Å². The molecule has 1 rings (SSSR count). The van der Waals surface area contributed by atoms with E-state index >= 15 is 0 Å². The Balaban J connectivity index is 2.85. The van der Waals surface area contributed by atoms with Crippen molar-refractivity contribution in [3.05, 3.63) is 11.1 Å². The van der Waals surface area contributed by atoms with Crippen LogP contribution in [0.4, 0.5) is 0 Å². The first-order valence-electron chi connectivity index (χ1n) is 3.44. The molecular weight excluding hydrogens is 144 g/mol. The fraction of sp³-hybridized carbons (Fsp3) is 0.714. The summed E-state index contributed by atoms with van der Waals surface area (Å²) < 4.78 is 3.83. The molecule has 2 nitrogen and oxygen atoms in total. The molecule has 0 atom stereocenters. The van der Waals surface area contributed by atoms with Crippen LogP contribution in [0.1, 0.15) is 32.9 Å².